The third-order valence-electron chi connectivity index (χ3n) is 3.96. The topological polar surface area (TPSA) is 83.8 Å². The molecule has 0 saturated carbocycles. The van der Waals surface area contributed by atoms with Crippen molar-refractivity contribution in [2.75, 3.05) is 13.1 Å². The van der Waals surface area contributed by atoms with Crippen LogP contribution < -0.4 is 5.32 Å². The summed E-state index contributed by atoms with van der Waals surface area (Å²) < 4.78 is 42.1. The molecule has 3 aromatic heterocycles. The number of fused-ring (bicyclic) bond motifs is 3. The first-order valence-electron chi connectivity index (χ1n) is 6.34. The highest BCUT2D eigenvalue weighted by atomic mass is 19.4. The number of alkyl halides is 3. The van der Waals surface area contributed by atoms with Crippen LogP contribution in [0, 0.1) is 0 Å². The largest absolute Gasteiger partial charge is 0.402 e. The van der Waals surface area contributed by atoms with Crippen LogP contribution in [0.2, 0.25) is 0 Å². The van der Waals surface area contributed by atoms with Crippen LogP contribution in [0.5, 0.6) is 0 Å². The first-order valence-corrected chi connectivity index (χ1v) is 6.34. The highest BCUT2D eigenvalue weighted by Crippen LogP contribution is 2.44. The van der Waals surface area contributed by atoms with Crippen molar-refractivity contribution in [3.8, 4) is 0 Å². The van der Waals surface area contributed by atoms with E-state index in [1.54, 1.807) is 0 Å². The lowest BCUT2D eigenvalue weighted by atomic mass is 9.85. The number of hydrogen-bond donors (Lipinski definition) is 2. The average molecular weight is 297 g/mol. The fourth-order valence-electron chi connectivity index (χ4n) is 2.81. The molecule has 1 atom stereocenters. The van der Waals surface area contributed by atoms with Crippen LogP contribution in [-0.4, -0.2) is 48.8 Å². The van der Waals surface area contributed by atoms with Crippen molar-refractivity contribution >= 4 is 16.8 Å². The van der Waals surface area contributed by atoms with E-state index in [0.29, 0.717) is 16.8 Å². The molecule has 0 aromatic carbocycles. The van der Waals surface area contributed by atoms with Gasteiger partial charge < -0.3 is 10.3 Å². The van der Waals surface area contributed by atoms with Crippen LogP contribution >= 0.6 is 0 Å². The molecule has 1 aliphatic rings. The number of halogens is 3. The van der Waals surface area contributed by atoms with Gasteiger partial charge in [0.05, 0.1) is 6.33 Å². The summed E-state index contributed by atoms with van der Waals surface area (Å²) in [7, 11) is 0. The van der Waals surface area contributed by atoms with Gasteiger partial charge in [0.1, 0.15) is 17.3 Å². The molecule has 0 radical (unpaired) electrons. The highest BCUT2D eigenvalue weighted by Gasteiger charge is 2.60. The van der Waals surface area contributed by atoms with Gasteiger partial charge in [0, 0.05) is 6.54 Å². The second-order valence-electron chi connectivity index (χ2n) is 5.07. The summed E-state index contributed by atoms with van der Waals surface area (Å²) in [6.07, 6.45) is -1.77. The number of imidazole rings is 1. The van der Waals surface area contributed by atoms with E-state index in [1.165, 1.54) is 17.1 Å². The van der Waals surface area contributed by atoms with Crippen LogP contribution in [0.25, 0.3) is 16.8 Å². The SMILES string of the molecule is FC(F)(F)C1(c2nnc3c4[nH]cnc4ncn23)CCNC1. The Kier molecular flexibility index (Phi) is 2.33. The van der Waals surface area contributed by atoms with Crippen LogP contribution in [0.4, 0.5) is 13.2 Å². The Morgan fingerprint density at radius 2 is 2.10 bits per heavy atom. The van der Waals surface area contributed by atoms with E-state index in [2.05, 4.69) is 30.5 Å². The normalized spacial score (nSPS) is 23.4. The first-order chi connectivity index (χ1) is 10.0. The standard InChI is InChI=1S/C11H10F3N7/c12-11(13,14)10(1-2-15-3-10)9-20-19-8-6-7(17-4-16-6)18-5-21(8)9/h4-5,15H,1-3H2,(H,16,17). The van der Waals surface area contributed by atoms with E-state index >= 15 is 0 Å². The zero-order chi connectivity index (χ0) is 14.7. The quantitative estimate of drug-likeness (QED) is 0.694. The van der Waals surface area contributed by atoms with Gasteiger partial charge in [0.2, 0.25) is 0 Å². The zero-order valence-corrected chi connectivity index (χ0v) is 10.6. The molecule has 10 heteroatoms. The van der Waals surface area contributed by atoms with Gasteiger partial charge in [-0.15, -0.1) is 10.2 Å². The number of nitrogens with one attached hydrogen (secondary N) is 2. The molecule has 7 nitrogen and oxygen atoms in total. The number of aromatic nitrogens is 6. The molecular formula is C11H10F3N7. The maximum absolute atomic E-state index is 13.6. The molecule has 21 heavy (non-hydrogen) atoms. The number of aromatic amines is 1. The fraction of sp³-hybridized carbons (Fsp3) is 0.455. The monoisotopic (exact) mass is 297 g/mol. The van der Waals surface area contributed by atoms with E-state index < -0.39 is 11.6 Å². The summed E-state index contributed by atoms with van der Waals surface area (Å²) in [4.78, 5) is 10.8. The molecule has 3 aromatic rings. The molecule has 0 aliphatic carbocycles. The molecule has 2 N–H and O–H groups in total. The number of nitrogens with zero attached hydrogens (tertiary/aromatic N) is 5. The minimum atomic E-state index is -4.41. The van der Waals surface area contributed by atoms with E-state index in [1.807, 2.05) is 0 Å². The van der Waals surface area contributed by atoms with Crippen molar-refractivity contribution in [2.45, 2.75) is 18.0 Å². The first kappa shape index (κ1) is 12.5. The summed E-state index contributed by atoms with van der Waals surface area (Å²) in [5.41, 5.74) is -0.878. The summed E-state index contributed by atoms with van der Waals surface area (Å²) >= 11 is 0. The van der Waals surface area contributed by atoms with Gasteiger partial charge in [-0.05, 0) is 13.0 Å². The Hall–Kier alpha value is -2.23. The second kappa shape index (κ2) is 3.91. The predicted octanol–water partition coefficient (Wildman–Crippen LogP) is 0.794. The average Bonchev–Trinajstić information content (AvgIpc) is 3.15. The summed E-state index contributed by atoms with van der Waals surface area (Å²) in [5.74, 6) is -0.140. The predicted molar refractivity (Wildman–Crippen MR) is 65.7 cm³/mol. The molecule has 0 bridgehead atoms. The molecule has 1 unspecified atom stereocenters. The van der Waals surface area contributed by atoms with Crippen molar-refractivity contribution in [3.05, 3.63) is 18.5 Å². The highest BCUT2D eigenvalue weighted by molar-refractivity contribution is 5.84. The third-order valence-corrected chi connectivity index (χ3v) is 3.96. The fourth-order valence-corrected chi connectivity index (χ4v) is 2.81. The number of H-pyrrole nitrogens is 1. The lowest BCUT2D eigenvalue weighted by molar-refractivity contribution is -0.187. The molecule has 110 valence electrons. The molecule has 4 heterocycles. The summed E-state index contributed by atoms with van der Waals surface area (Å²) in [6, 6.07) is 0. The molecule has 1 aliphatic heterocycles. The second-order valence-corrected chi connectivity index (χ2v) is 5.07. The van der Waals surface area contributed by atoms with Gasteiger partial charge in [-0.1, -0.05) is 0 Å². The van der Waals surface area contributed by atoms with Gasteiger partial charge in [-0.2, -0.15) is 13.2 Å². The minimum Gasteiger partial charge on any atom is -0.340 e. The zero-order valence-electron chi connectivity index (χ0n) is 10.6. The third kappa shape index (κ3) is 1.53. The Labute approximate surface area is 115 Å². The number of rotatable bonds is 1. The number of hydrogen-bond acceptors (Lipinski definition) is 5. The van der Waals surface area contributed by atoms with Crippen LogP contribution in [0.15, 0.2) is 12.7 Å². The Bertz CT molecular complexity index is 812. The van der Waals surface area contributed by atoms with Gasteiger partial charge in [0.25, 0.3) is 0 Å². The van der Waals surface area contributed by atoms with E-state index in [-0.39, 0.29) is 25.3 Å². The van der Waals surface area contributed by atoms with Crippen molar-refractivity contribution in [3.63, 3.8) is 0 Å². The van der Waals surface area contributed by atoms with Gasteiger partial charge >= 0.3 is 6.18 Å². The molecule has 1 saturated heterocycles. The van der Waals surface area contributed by atoms with Gasteiger partial charge in [0.15, 0.2) is 17.1 Å². The van der Waals surface area contributed by atoms with Crippen LogP contribution in [0.1, 0.15) is 12.2 Å². The van der Waals surface area contributed by atoms with Gasteiger partial charge in [-0.3, -0.25) is 4.40 Å². The lowest BCUT2D eigenvalue weighted by Crippen LogP contribution is -2.45. The Morgan fingerprint density at radius 1 is 1.24 bits per heavy atom. The minimum absolute atomic E-state index is 0.0711. The maximum Gasteiger partial charge on any atom is 0.402 e. The van der Waals surface area contributed by atoms with E-state index in [9.17, 15) is 13.2 Å². The summed E-state index contributed by atoms with van der Waals surface area (Å²) in [5, 5.41) is 10.5. The van der Waals surface area contributed by atoms with Crippen molar-refractivity contribution < 1.29 is 13.2 Å². The summed E-state index contributed by atoms with van der Waals surface area (Å²) in [6.45, 7) is 0.0759. The van der Waals surface area contributed by atoms with Crippen molar-refractivity contribution in [2.24, 2.45) is 0 Å². The smallest absolute Gasteiger partial charge is 0.340 e. The molecular weight excluding hydrogens is 287 g/mol. The lowest BCUT2D eigenvalue weighted by Gasteiger charge is -2.28. The maximum atomic E-state index is 13.6. The van der Waals surface area contributed by atoms with Crippen LogP contribution in [-0.2, 0) is 5.41 Å². The van der Waals surface area contributed by atoms with E-state index in [4.69, 9.17) is 0 Å². The van der Waals surface area contributed by atoms with Crippen LogP contribution in [0.3, 0.4) is 0 Å². The van der Waals surface area contributed by atoms with Crippen molar-refractivity contribution in [1.29, 1.82) is 0 Å². The molecule has 1 fully saturated rings. The molecule has 4 rings (SSSR count). The van der Waals surface area contributed by atoms with Gasteiger partial charge in [-0.25, -0.2) is 9.97 Å². The Balaban J connectivity index is 2.01. The van der Waals surface area contributed by atoms with Crippen molar-refractivity contribution in [1.82, 2.24) is 34.9 Å². The Morgan fingerprint density at radius 3 is 2.81 bits per heavy atom. The van der Waals surface area contributed by atoms with E-state index in [0.717, 1.165) is 0 Å². The molecule has 0 amide bonds. The molecule has 0 spiro atoms.